The predicted octanol–water partition coefficient (Wildman–Crippen LogP) is 4.39. The van der Waals surface area contributed by atoms with Crippen molar-refractivity contribution in [1.82, 2.24) is 4.98 Å². The zero-order chi connectivity index (χ0) is 15.5. The number of benzene rings is 1. The summed E-state index contributed by atoms with van der Waals surface area (Å²) < 4.78 is 5.69. The fourth-order valence-electron chi connectivity index (χ4n) is 2.28. The van der Waals surface area contributed by atoms with Crippen LogP contribution in [0.4, 0.5) is 0 Å². The zero-order valence-corrected chi connectivity index (χ0v) is 14.0. The molecule has 1 aromatic carbocycles. The van der Waals surface area contributed by atoms with Gasteiger partial charge in [0.25, 0.3) is 0 Å². The quantitative estimate of drug-likeness (QED) is 0.860. The molecule has 2 aromatic rings. The van der Waals surface area contributed by atoms with Crippen molar-refractivity contribution in [2.24, 2.45) is 0 Å². The highest BCUT2D eigenvalue weighted by atomic mass is 32.1. The van der Waals surface area contributed by atoms with E-state index in [4.69, 9.17) is 9.72 Å². The lowest BCUT2D eigenvalue weighted by molar-refractivity contribution is 0.0813. The summed E-state index contributed by atoms with van der Waals surface area (Å²) >= 11 is 1.56. The standard InChI is InChI=1S/C17H23NO2S/c1-5-9-13-15(17(3,4)19)21-16(18-13)12-10-7-8-11-14(12)20-6-2/h7-8,10-11,19H,5-6,9H2,1-4H3. The molecule has 114 valence electrons. The van der Waals surface area contributed by atoms with E-state index in [1.807, 2.05) is 45.0 Å². The number of hydrogen-bond acceptors (Lipinski definition) is 4. The third-order valence-electron chi connectivity index (χ3n) is 3.16. The van der Waals surface area contributed by atoms with Gasteiger partial charge in [0.15, 0.2) is 0 Å². The molecular formula is C17H23NO2S. The van der Waals surface area contributed by atoms with Crippen molar-refractivity contribution in [3.8, 4) is 16.3 Å². The van der Waals surface area contributed by atoms with Crippen molar-refractivity contribution in [3.63, 3.8) is 0 Å². The third kappa shape index (κ3) is 3.63. The summed E-state index contributed by atoms with van der Waals surface area (Å²) in [5, 5.41) is 11.3. The van der Waals surface area contributed by atoms with Crippen molar-refractivity contribution in [2.75, 3.05) is 6.61 Å². The van der Waals surface area contributed by atoms with Gasteiger partial charge in [-0.3, -0.25) is 0 Å². The molecule has 1 N–H and O–H groups in total. The van der Waals surface area contributed by atoms with E-state index in [9.17, 15) is 5.11 Å². The molecule has 0 unspecified atom stereocenters. The van der Waals surface area contributed by atoms with E-state index in [-0.39, 0.29) is 0 Å². The summed E-state index contributed by atoms with van der Waals surface area (Å²) in [5.41, 5.74) is 1.13. The molecule has 1 heterocycles. The van der Waals surface area contributed by atoms with Crippen LogP contribution in [0.5, 0.6) is 5.75 Å². The number of thiazole rings is 1. The fraction of sp³-hybridized carbons (Fsp3) is 0.471. The van der Waals surface area contributed by atoms with E-state index < -0.39 is 5.60 Å². The lowest BCUT2D eigenvalue weighted by atomic mass is 10.0. The minimum Gasteiger partial charge on any atom is -0.493 e. The maximum Gasteiger partial charge on any atom is 0.129 e. The molecule has 0 fully saturated rings. The molecule has 0 amide bonds. The molecule has 21 heavy (non-hydrogen) atoms. The predicted molar refractivity (Wildman–Crippen MR) is 88.0 cm³/mol. The topological polar surface area (TPSA) is 42.4 Å². The second-order valence-corrected chi connectivity index (χ2v) is 6.53. The molecule has 0 spiro atoms. The lowest BCUT2D eigenvalue weighted by Gasteiger charge is -2.16. The first-order valence-corrected chi connectivity index (χ1v) is 8.23. The van der Waals surface area contributed by atoms with Crippen molar-refractivity contribution >= 4 is 11.3 Å². The number of ether oxygens (including phenoxy) is 1. The molecule has 3 nitrogen and oxygen atoms in total. The molecule has 0 aliphatic rings. The van der Waals surface area contributed by atoms with Crippen LogP contribution < -0.4 is 4.74 Å². The van der Waals surface area contributed by atoms with E-state index in [1.165, 1.54) is 0 Å². The molecule has 1 aromatic heterocycles. The first kappa shape index (κ1) is 16.0. The lowest BCUT2D eigenvalue weighted by Crippen LogP contribution is -2.15. The first-order valence-electron chi connectivity index (χ1n) is 7.42. The Balaban J connectivity index is 2.50. The summed E-state index contributed by atoms with van der Waals surface area (Å²) in [6.45, 7) is 8.36. The number of aliphatic hydroxyl groups is 1. The zero-order valence-electron chi connectivity index (χ0n) is 13.1. The Labute approximate surface area is 130 Å². The molecule has 0 bridgehead atoms. The SMILES string of the molecule is CCCc1nc(-c2ccccc2OCC)sc1C(C)(C)O. The summed E-state index contributed by atoms with van der Waals surface area (Å²) in [7, 11) is 0. The number of aromatic nitrogens is 1. The minimum atomic E-state index is -0.860. The van der Waals surface area contributed by atoms with Gasteiger partial charge in [-0.1, -0.05) is 25.5 Å². The Bertz CT molecular complexity index is 599. The second kappa shape index (κ2) is 6.58. The van der Waals surface area contributed by atoms with Crippen LogP contribution in [0.3, 0.4) is 0 Å². The molecule has 0 saturated heterocycles. The number of aryl methyl sites for hydroxylation is 1. The summed E-state index contributed by atoms with van der Waals surface area (Å²) in [4.78, 5) is 5.71. The van der Waals surface area contributed by atoms with Crippen molar-refractivity contribution in [3.05, 3.63) is 34.8 Å². The monoisotopic (exact) mass is 305 g/mol. The van der Waals surface area contributed by atoms with Gasteiger partial charge in [-0.15, -0.1) is 11.3 Å². The van der Waals surface area contributed by atoms with Crippen LogP contribution in [0, 0.1) is 0 Å². The Morgan fingerprint density at radius 1 is 1.24 bits per heavy atom. The minimum absolute atomic E-state index is 0.628. The van der Waals surface area contributed by atoms with Crippen LogP contribution in [-0.4, -0.2) is 16.7 Å². The Kier molecular flexibility index (Phi) is 5.01. The van der Waals surface area contributed by atoms with Gasteiger partial charge in [-0.05, 0) is 39.3 Å². The molecule has 0 radical (unpaired) electrons. The Morgan fingerprint density at radius 3 is 2.57 bits per heavy atom. The second-order valence-electron chi connectivity index (χ2n) is 5.53. The van der Waals surface area contributed by atoms with Gasteiger partial charge in [0.2, 0.25) is 0 Å². The number of nitrogens with zero attached hydrogens (tertiary/aromatic N) is 1. The maximum atomic E-state index is 10.4. The maximum absolute atomic E-state index is 10.4. The fourth-order valence-corrected chi connectivity index (χ4v) is 3.42. The molecule has 0 aliphatic carbocycles. The van der Waals surface area contributed by atoms with Gasteiger partial charge in [-0.25, -0.2) is 4.98 Å². The van der Waals surface area contributed by atoms with Crippen molar-refractivity contribution in [1.29, 1.82) is 0 Å². The Hall–Kier alpha value is -1.39. The number of hydrogen-bond donors (Lipinski definition) is 1. The van der Waals surface area contributed by atoms with E-state index in [0.717, 1.165) is 39.7 Å². The average molecular weight is 305 g/mol. The van der Waals surface area contributed by atoms with Gasteiger partial charge in [0.05, 0.1) is 28.3 Å². The third-order valence-corrected chi connectivity index (χ3v) is 4.60. The molecule has 0 atom stereocenters. The van der Waals surface area contributed by atoms with Crippen molar-refractivity contribution < 1.29 is 9.84 Å². The smallest absolute Gasteiger partial charge is 0.129 e. The van der Waals surface area contributed by atoms with E-state index in [1.54, 1.807) is 11.3 Å². The van der Waals surface area contributed by atoms with Crippen LogP contribution >= 0.6 is 11.3 Å². The highest BCUT2D eigenvalue weighted by Crippen LogP contribution is 2.38. The molecule has 0 aliphatic heterocycles. The Morgan fingerprint density at radius 2 is 1.95 bits per heavy atom. The van der Waals surface area contributed by atoms with Gasteiger partial charge in [0.1, 0.15) is 10.8 Å². The molecular weight excluding hydrogens is 282 g/mol. The molecule has 2 rings (SSSR count). The van der Waals surface area contributed by atoms with Crippen LogP contribution in [0.1, 0.15) is 44.7 Å². The van der Waals surface area contributed by atoms with E-state index in [0.29, 0.717) is 6.61 Å². The highest BCUT2D eigenvalue weighted by molar-refractivity contribution is 7.15. The van der Waals surface area contributed by atoms with E-state index in [2.05, 4.69) is 6.92 Å². The van der Waals surface area contributed by atoms with Gasteiger partial charge in [-0.2, -0.15) is 0 Å². The highest BCUT2D eigenvalue weighted by Gasteiger charge is 2.25. The normalized spacial score (nSPS) is 11.7. The summed E-state index contributed by atoms with van der Waals surface area (Å²) in [6.07, 6.45) is 1.89. The van der Waals surface area contributed by atoms with Crippen LogP contribution in [-0.2, 0) is 12.0 Å². The molecule has 0 saturated carbocycles. The largest absolute Gasteiger partial charge is 0.493 e. The van der Waals surface area contributed by atoms with Crippen LogP contribution in [0.2, 0.25) is 0 Å². The average Bonchev–Trinajstić information content (AvgIpc) is 2.84. The number of para-hydroxylation sites is 1. The molecule has 4 heteroatoms. The van der Waals surface area contributed by atoms with Crippen molar-refractivity contribution in [2.45, 2.75) is 46.1 Å². The van der Waals surface area contributed by atoms with E-state index >= 15 is 0 Å². The van der Waals surface area contributed by atoms with Gasteiger partial charge >= 0.3 is 0 Å². The van der Waals surface area contributed by atoms with Crippen LogP contribution in [0.15, 0.2) is 24.3 Å². The first-order chi connectivity index (χ1) is 9.97. The van der Waals surface area contributed by atoms with Crippen LogP contribution in [0.25, 0.3) is 10.6 Å². The van der Waals surface area contributed by atoms with Gasteiger partial charge < -0.3 is 9.84 Å². The number of rotatable bonds is 6. The summed E-state index contributed by atoms with van der Waals surface area (Å²) in [6, 6.07) is 7.94. The summed E-state index contributed by atoms with van der Waals surface area (Å²) in [5.74, 6) is 0.846. The van der Waals surface area contributed by atoms with Gasteiger partial charge in [0, 0.05) is 0 Å².